The molecule has 0 amide bonds. The van der Waals surface area contributed by atoms with Crippen LogP contribution in [0.5, 0.6) is 0 Å². The lowest BCUT2D eigenvalue weighted by molar-refractivity contribution is 0.218. The van der Waals surface area contributed by atoms with Crippen LogP contribution in [-0.2, 0) is 0 Å². The van der Waals surface area contributed by atoms with Crippen LogP contribution >= 0.6 is 0 Å². The van der Waals surface area contributed by atoms with Gasteiger partial charge in [0.2, 0.25) is 0 Å². The van der Waals surface area contributed by atoms with E-state index in [9.17, 15) is 5.11 Å². The van der Waals surface area contributed by atoms with Crippen molar-refractivity contribution in [2.45, 2.75) is 20.0 Å². The lowest BCUT2D eigenvalue weighted by Gasteiger charge is -2.14. The van der Waals surface area contributed by atoms with Gasteiger partial charge in [-0.05, 0) is 42.3 Å². The molecule has 0 aliphatic heterocycles. The van der Waals surface area contributed by atoms with E-state index in [-0.39, 0.29) is 0 Å². The number of nitrogens with zero attached hydrogens (tertiary/aromatic N) is 2. The predicted octanol–water partition coefficient (Wildman–Crippen LogP) is 3.33. The zero-order chi connectivity index (χ0) is 14.1. The largest absolute Gasteiger partial charge is 0.384 e. The SMILES string of the molecule is Cc1cc(C(O)c2ccc3ccccc3c2)c(C)nn1. The topological polar surface area (TPSA) is 46.0 Å². The van der Waals surface area contributed by atoms with Gasteiger partial charge < -0.3 is 5.11 Å². The van der Waals surface area contributed by atoms with Gasteiger partial charge in [-0.1, -0.05) is 36.4 Å². The number of aryl methyl sites for hydroxylation is 2. The van der Waals surface area contributed by atoms with Gasteiger partial charge in [0, 0.05) is 5.56 Å². The summed E-state index contributed by atoms with van der Waals surface area (Å²) in [6.45, 7) is 3.75. The van der Waals surface area contributed by atoms with E-state index >= 15 is 0 Å². The molecule has 0 radical (unpaired) electrons. The molecule has 2 aromatic carbocycles. The predicted molar refractivity (Wildman–Crippen MR) is 79.5 cm³/mol. The normalized spacial score (nSPS) is 12.6. The summed E-state index contributed by atoms with van der Waals surface area (Å²) >= 11 is 0. The van der Waals surface area contributed by atoms with Gasteiger partial charge in [-0.2, -0.15) is 10.2 Å². The molecular weight excluding hydrogens is 248 g/mol. The summed E-state index contributed by atoms with van der Waals surface area (Å²) in [5, 5.41) is 21.0. The Morgan fingerprint density at radius 3 is 2.45 bits per heavy atom. The van der Waals surface area contributed by atoms with E-state index in [1.807, 2.05) is 50.2 Å². The molecule has 100 valence electrons. The number of rotatable bonds is 2. The number of aromatic nitrogens is 2. The van der Waals surface area contributed by atoms with Crippen molar-refractivity contribution in [3.05, 3.63) is 71.0 Å². The molecule has 0 fully saturated rings. The smallest absolute Gasteiger partial charge is 0.106 e. The highest BCUT2D eigenvalue weighted by atomic mass is 16.3. The van der Waals surface area contributed by atoms with Crippen LogP contribution in [-0.4, -0.2) is 15.3 Å². The van der Waals surface area contributed by atoms with Gasteiger partial charge in [0.05, 0.1) is 11.4 Å². The molecule has 1 aromatic heterocycles. The minimum atomic E-state index is -0.672. The van der Waals surface area contributed by atoms with Gasteiger partial charge in [0.15, 0.2) is 0 Å². The zero-order valence-electron chi connectivity index (χ0n) is 11.5. The molecule has 0 aliphatic carbocycles. The first-order valence-electron chi connectivity index (χ1n) is 6.63. The fraction of sp³-hybridized carbons (Fsp3) is 0.176. The molecule has 0 bridgehead atoms. The van der Waals surface area contributed by atoms with Gasteiger partial charge in [-0.25, -0.2) is 0 Å². The van der Waals surface area contributed by atoms with Crippen LogP contribution in [0, 0.1) is 13.8 Å². The molecule has 3 rings (SSSR count). The average molecular weight is 264 g/mol. The van der Waals surface area contributed by atoms with Crippen molar-refractivity contribution >= 4 is 10.8 Å². The maximum atomic E-state index is 10.6. The standard InChI is InChI=1S/C17H16N2O/c1-11-9-16(12(2)19-18-11)17(20)15-8-7-13-5-3-4-6-14(13)10-15/h3-10,17,20H,1-2H3. The first-order valence-corrected chi connectivity index (χ1v) is 6.63. The van der Waals surface area contributed by atoms with E-state index in [2.05, 4.69) is 22.3 Å². The van der Waals surface area contributed by atoms with Crippen LogP contribution in [0.4, 0.5) is 0 Å². The molecule has 0 spiro atoms. The Morgan fingerprint density at radius 2 is 1.65 bits per heavy atom. The van der Waals surface area contributed by atoms with E-state index in [1.165, 1.54) is 5.39 Å². The Bertz CT molecular complexity index is 768. The Kier molecular flexibility index (Phi) is 3.20. The zero-order valence-corrected chi connectivity index (χ0v) is 11.5. The van der Waals surface area contributed by atoms with Gasteiger partial charge >= 0.3 is 0 Å². The molecule has 3 nitrogen and oxygen atoms in total. The number of aliphatic hydroxyl groups is 1. The summed E-state index contributed by atoms with van der Waals surface area (Å²) in [4.78, 5) is 0. The van der Waals surface area contributed by atoms with E-state index in [4.69, 9.17) is 0 Å². The van der Waals surface area contributed by atoms with Crippen molar-refractivity contribution in [2.75, 3.05) is 0 Å². The van der Waals surface area contributed by atoms with Crippen molar-refractivity contribution in [2.24, 2.45) is 0 Å². The molecule has 0 saturated heterocycles. The van der Waals surface area contributed by atoms with E-state index in [1.54, 1.807) is 0 Å². The number of hydrogen-bond donors (Lipinski definition) is 1. The van der Waals surface area contributed by atoms with Gasteiger partial charge in [-0.3, -0.25) is 0 Å². The molecule has 3 heteroatoms. The quantitative estimate of drug-likeness (QED) is 0.772. The fourth-order valence-corrected chi connectivity index (χ4v) is 2.40. The maximum absolute atomic E-state index is 10.6. The number of benzene rings is 2. The third-order valence-electron chi connectivity index (χ3n) is 3.52. The van der Waals surface area contributed by atoms with Crippen molar-refractivity contribution in [1.29, 1.82) is 0 Å². The number of fused-ring (bicyclic) bond motifs is 1. The Hall–Kier alpha value is -2.26. The van der Waals surface area contributed by atoms with Crippen molar-refractivity contribution in [3.8, 4) is 0 Å². The number of hydrogen-bond acceptors (Lipinski definition) is 3. The van der Waals surface area contributed by atoms with Crippen LogP contribution < -0.4 is 0 Å². The molecular formula is C17H16N2O. The number of aliphatic hydroxyl groups excluding tert-OH is 1. The highest BCUT2D eigenvalue weighted by Gasteiger charge is 2.14. The van der Waals surface area contributed by atoms with Crippen LogP contribution in [0.25, 0.3) is 10.8 Å². The van der Waals surface area contributed by atoms with Crippen LogP contribution in [0.2, 0.25) is 0 Å². The minimum Gasteiger partial charge on any atom is -0.384 e. The van der Waals surface area contributed by atoms with E-state index in [0.717, 1.165) is 27.9 Å². The van der Waals surface area contributed by atoms with Crippen LogP contribution in [0.1, 0.15) is 28.6 Å². The summed E-state index contributed by atoms with van der Waals surface area (Å²) in [5.74, 6) is 0. The van der Waals surface area contributed by atoms with Crippen LogP contribution in [0.3, 0.4) is 0 Å². The first-order chi connectivity index (χ1) is 9.65. The van der Waals surface area contributed by atoms with Crippen molar-refractivity contribution in [1.82, 2.24) is 10.2 Å². The van der Waals surface area contributed by atoms with Gasteiger partial charge in [0.25, 0.3) is 0 Å². The fourth-order valence-electron chi connectivity index (χ4n) is 2.40. The third-order valence-corrected chi connectivity index (χ3v) is 3.52. The molecule has 1 atom stereocenters. The minimum absolute atomic E-state index is 0.672. The maximum Gasteiger partial charge on any atom is 0.106 e. The van der Waals surface area contributed by atoms with Crippen molar-refractivity contribution < 1.29 is 5.11 Å². The third kappa shape index (κ3) is 2.28. The summed E-state index contributed by atoms with van der Waals surface area (Å²) in [6, 6.07) is 16.0. The molecule has 3 aromatic rings. The van der Waals surface area contributed by atoms with Gasteiger partial charge in [-0.15, -0.1) is 0 Å². The summed E-state index contributed by atoms with van der Waals surface area (Å²) < 4.78 is 0. The average Bonchev–Trinajstić information content (AvgIpc) is 2.48. The molecule has 20 heavy (non-hydrogen) atoms. The summed E-state index contributed by atoms with van der Waals surface area (Å²) in [6.07, 6.45) is -0.672. The second-order valence-corrected chi connectivity index (χ2v) is 5.04. The van der Waals surface area contributed by atoms with Crippen molar-refractivity contribution in [3.63, 3.8) is 0 Å². The van der Waals surface area contributed by atoms with Crippen LogP contribution in [0.15, 0.2) is 48.5 Å². The second kappa shape index (κ2) is 5.02. The monoisotopic (exact) mass is 264 g/mol. The second-order valence-electron chi connectivity index (χ2n) is 5.04. The highest BCUT2D eigenvalue weighted by molar-refractivity contribution is 5.83. The Morgan fingerprint density at radius 1 is 0.900 bits per heavy atom. The van der Waals surface area contributed by atoms with E-state index < -0.39 is 6.10 Å². The molecule has 1 unspecified atom stereocenters. The lowest BCUT2D eigenvalue weighted by atomic mass is 9.98. The Balaban J connectivity index is 2.07. The molecule has 0 saturated carbocycles. The molecule has 1 N–H and O–H groups in total. The molecule has 0 aliphatic rings. The Labute approximate surface area is 117 Å². The summed E-state index contributed by atoms with van der Waals surface area (Å²) in [7, 11) is 0. The van der Waals surface area contributed by atoms with E-state index in [0.29, 0.717) is 0 Å². The first kappa shape index (κ1) is 12.8. The lowest BCUT2D eigenvalue weighted by Crippen LogP contribution is -2.05. The summed E-state index contributed by atoms with van der Waals surface area (Å²) in [5.41, 5.74) is 3.26. The van der Waals surface area contributed by atoms with Gasteiger partial charge in [0.1, 0.15) is 6.10 Å². The molecule has 1 heterocycles. The highest BCUT2D eigenvalue weighted by Crippen LogP contribution is 2.26.